The first kappa shape index (κ1) is 12.2. The molecule has 1 aromatic rings. The van der Waals surface area contributed by atoms with E-state index in [9.17, 15) is 10.2 Å². The van der Waals surface area contributed by atoms with E-state index in [2.05, 4.69) is 5.32 Å². The van der Waals surface area contributed by atoms with Crippen molar-refractivity contribution in [2.45, 2.75) is 25.4 Å². The summed E-state index contributed by atoms with van der Waals surface area (Å²) >= 11 is 0. The Morgan fingerprint density at radius 3 is 2.47 bits per heavy atom. The van der Waals surface area contributed by atoms with Crippen LogP contribution in [-0.2, 0) is 13.6 Å². The zero-order valence-electron chi connectivity index (χ0n) is 9.40. The van der Waals surface area contributed by atoms with Gasteiger partial charge in [-0.2, -0.15) is 0 Å². The molecule has 15 heavy (non-hydrogen) atoms. The molecule has 3 N–H and O–H groups in total. The van der Waals surface area contributed by atoms with Crippen molar-refractivity contribution < 1.29 is 10.2 Å². The van der Waals surface area contributed by atoms with Gasteiger partial charge in [0.15, 0.2) is 0 Å². The SMILES string of the molecule is CCC(CO)(CO)NCc1ccn(C)c1. The number of aliphatic hydroxyl groups excluding tert-OH is 2. The van der Waals surface area contributed by atoms with Crippen LogP contribution in [0.15, 0.2) is 18.5 Å². The van der Waals surface area contributed by atoms with Crippen LogP contribution in [0.4, 0.5) is 0 Å². The van der Waals surface area contributed by atoms with E-state index < -0.39 is 5.54 Å². The standard InChI is InChI=1S/C11H20N2O2/c1-3-11(8-14,9-15)12-6-10-4-5-13(2)7-10/h4-5,7,12,14-15H,3,6,8-9H2,1-2H3. The fraction of sp³-hybridized carbons (Fsp3) is 0.636. The largest absolute Gasteiger partial charge is 0.394 e. The summed E-state index contributed by atoms with van der Waals surface area (Å²) in [6.07, 6.45) is 4.69. The Hall–Kier alpha value is -0.840. The van der Waals surface area contributed by atoms with Crippen LogP contribution in [-0.4, -0.2) is 33.5 Å². The van der Waals surface area contributed by atoms with Gasteiger partial charge in [0, 0.05) is 26.0 Å². The minimum Gasteiger partial charge on any atom is -0.394 e. The molecule has 0 aliphatic heterocycles. The van der Waals surface area contributed by atoms with Crippen molar-refractivity contribution in [2.24, 2.45) is 7.05 Å². The highest BCUT2D eigenvalue weighted by Gasteiger charge is 2.25. The van der Waals surface area contributed by atoms with Gasteiger partial charge < -0.3 is 20.1 Å². The smallest absolute Gasteiger partial charge is 0.0648 e. The van der Waals surface area contributed by atoms with Crippen LogP contribution in [0.25, 0.3) is 0 Å². The lowest BCUT2D eigenvalue weighted by molar-refractivity contribution is 0.0864. The molecular formula is C11H20N2O2. The molecule has 0 aromatic carbocycles. The second-order valence-electron chi connectivity index (χ2n) is 3.99. The Balaban J connectivity index is 2.54. The van der Waals surface area contributed by atoms with Gasteiger partial charge in [-0.1, -0.05) is 6.92 Å². The van der Waals surface area contributed by atoms with Gasteiger partial charge in [0.2, 0.25) is 0 Å². The molecule has 0 atom stereocenters. The van der Waals surface area contributed by atoms with Gasteiger partial charge >= 0.3 is 0 Å². The molecule has 0 bridgehead atoms. The van der Waals surface area contributed by atoms with E-state index in [-0.39, 0.29) is 13.2 Å². The molecular weight excluding hydrogens is 192 g/mol. The Morgan fingerprint density at radius 1 is 1.40 bits per heavy atom. The Labute approximate surface area is 90.5 Å². The van der Waals surface area contributed by atoms with Crippen molar-refractivity contribution >= 4 is 0 Å². The summed E-state index contributed by atoms with van der Waals surface area (Å²) in [6.45, 7) is 2.51. The first-order valence-corrected chi connectivity index (χ1v) is 5.23. The number of hydrogen-bond donors (Lipinski definition) is 3. The van der Waals surface area contributed by atoms with Gasteiger partial charge in [0.25, 0.3) is 0 Å². The first-order chi connectivity index (χ1) is 7.15. The third-order valence-corrected chi connectivity index (χ3v) is 2.84. The molecule has 1 heterocycles. The second-order valence-corrected chi connectivity index (χ2v) is 3.99. The summed E-state index contributed by atoms with van der Waals surface area (Å²) in [5.74, 6) is 0. The van der Waals surface area contributed by atoms with Crippen molar-refractivity contribution in [2.75, 3.05) is 13.2 Å². The van der Waals surface area contributed by atoms with Crippen LogP contribution in [0.1, 0.15) is 18.9 Å². The Kier molecular flexibility index (Phi) is 4.32. The molecule has 4 heteroatoms. The van der Waals surface area contributed by atoms with Crippen LogP contribution < -0.4 is 5.32 Å². The zero-order valence-corrected chi connectivity index (χ0v) is 9.40. The minimum absolute atomic E-state index is 0.0488. The summed E-state index contributed by atoms with van der Waals surface area (Å²) in [5.41, 5.74) is 0.591. The molecule has 0 unspecified atom stereocenters. The molecule has 0 aliphatic rings. The van der Waals surface area contributed by atoms with Crippen LogP contribution in [0.3, 0.4) is 0 Å². The van der Waals surface area contributed by atoms with E-state index in [1.807, 2.05) is 37.0 Å². The van der Waals surface area contributed by atoms with Crippen molar-refractivity contribution in [3.8, 4) is 0 Å². The van der Waals surface area contributed by atoms with Gasteiger partial charge in [-0.15, -0.1) is 0 Å². The normalized spacial score (nSPS) is 12.0. The maximum atomic E-state index is 9.23. The van der Waals surface area contributed by atoms with E-state index in [0.29, 0.717) is 13.0 Å². The van der Waals surface area contributed by atoms with Gasteiger partial charge in [0.05, 0.1) is 18.8 Å². The number of rotatable bonds is 6. The number of aromatic nitrogens is 1. The van der Waals surface area contributed by atoms with E-state index in [1.54, 1.807) is 0 Å². The molecule has 0 spiro atoms. The average Bonchev–Trinajstić information content (AvgIpc) is 2.67. The van der Waals surface area contributed by atoms with Gasteiger partial charge in [-0.25, -0.2) is 0 Å². The van der Waals surface area contributed by atoms with Crippen molar-refractivity contribution in [3.05, 3.63) is 24.0 Å². The number of nitrogens with one attached hydrogen (secondary N) is 1. The molecule has 1 rings (SSSR count). The van der Waals surface area contributed by atoms with Crippen molar-refractivity contribution in [3.63, 3.8) is 0 Å². The van der Waals surface area contributed by atoms with E-state index in [0.717, 1.165) is 5.56 Å². The topological polar surface area (TPSA) is 57.4 Å². The molecule has 0 saturated carbocycles. The van der Waals surface area contributed by atoms with Crippen LogP contribution in [0.5, 0.6) is 0 Å². The molecule has 1 aromatic heterocycles. The number of aliphatic hydroxyl groups is 2. The minimum atomic E-state index is -0.560. The molecule has 0 saturated heterocycles. The Morgan fingerprint density at radius 2 is 2.07 bits per heavy atom. The van der Waals surface area contributed by atoms with Gasteiger partial charge in [0.1, 0.15) is 0 Å². The molecule has 0 radical (unpaired) electrons. The average molecular weight is 212 g/mol. The monoisotopic (exact) mass is 212 g/mol. The number of nitrogens with zero attached hydrogens (tertiary/aromatic N) is 1. The van der Waals surface area contributed by atoms with Crippen LogP contribution >= 0.6 is 0 Å². The predicted molar refractivity (Wildman–Crippen MR) is 59.4 cm³/mol. The lowest BCUT2D eigenvalue weighted by atomic mass is 9.98. The van der Waals surface area contributed by atoms with Crippen molar-refractivity contribution in [1.29, 1.82) is 0 Å². The molecule has 0 amide bonds. The van der Waals surface area contributed by atoms with Crippen LogP contribution in [0, 0.1) is 0 Å². The fourth-order valence-corrected chi connectivity index (χ4v) is 1.47. The lowest BCUT2D eigenvalue weighted by Crippen LogP contribution is -2.50. The fourth-order valence-electron chi connectivity index (χ4n) is 1.47. The van der Waals surface area contributed by atoms with E-state index in [4.69, 9.17) is 0 Å². The predicted octanol–water partition coefficient (Wildman–Crippen LogP) is 0.248. The molecule has 86 valence electrons. The quantitative estimate of drug-likeness (QED) is 0.633. The first-order valence-electron chi connectivity index (χ1n) is 5.23. The maximum Gasteiger partial charge on any atom is 0.0648 e. The highest BCUT2D eigenvalue weighted by Crippen LogP contribution is 2.10. The summed E-state index contributed by atoms with van der Waals surface area (Å²) in [7, 11) is 1.97. The summed E-state index contributed by atoms with van der Waals surface area (Å²) < 4.78 is 1.97. The summed E-state index contributed by atoms with van der Waals surface area (Å²) in [4.78, 5) is 0. The number of aryl methyl sites for hydroxylation is 1. The summed E-state index contributed by atoms with van der Waals surface area (Å²) in [6, 6.07) is 2.02. The maximum absolute atomic E-state index is 9.23. The zero-order chi connectivity index (χ0) is 11.3. The molecule has 0 fully saturated rings. The third-order valence-electron chi connectivity index (χ3n) is 2.84. The van der Waals surface area contributed by atoms with Gasteiger partial charge in [-0.05, 0) is 18.1 Å². The van der Waals surface area contributed by atoms with Crippen molar-refractivity contribution in [1.82, 2.24) is 9.88 Å². The molecule has 4 nitrogen and oxygen atoms in total. The van der Waals surface area contributed by atoms with E-state index in [1.165, 1.54) is 0 Å². The summed E-state index contributed by atoms with van der Waals surface area (Å²) in [5, 5.41) is 21.7. The van der Waals surface area contributed by atoms with E-state index >= 15 is 0 Å². The second kappa shape index (κ2) is 5.30. The van der Waals surface area contributed by atoms with Gasteiger partial charge in [-0.3, -0.25) is 0 Å². The van der Waals surface area contributed by atoms with Crippen LogP contribution in [0.2, 0.25) is 0 Å². The Bertz CT molecular complexity index is 284. The number of hydrogen-bond acceptors (Lipinski definition) is 3. The highest BCUT2D eigenvalue weighted by molar-refractivity contribution is 5.10. The molecule has 0 aliphatic carbocycles. The highest BCUT2D eigenvalue weighted by atomic mass is 16.3. The lowest BCUT2D eigenvalue weighted by Gasteiger charge is -2.29. The third kappa shape index (κ3) is 3.06.